The monoisotopic (exact) mass is 228 g/mol. The predicted octanol–water partition coefficient (Wildman–Crippen LogP) is 0.351. The molecule has 5 nitrogen and oxygen atoms in total. The van der Waals surface area contributed by atoms with Crippen molar-refractivity contribution in [1.82, 2.24) is 5.32 Å². The molecule has 0 radical (unpaired) electrons. The fourth-order valence-electron chi connectivity index (χ4n) is 1.08. The molecule has 0 aromatic rings. The van der Waals surface area contributed by atoms with Crippen LogP contribution in [0.5, 0.6) is 0 Å². The number of nitrogens with two attached hydrogens (primary N) is 1. The van der Waals surface area contributed by atoms with E-state index in [4.69, 9.17) is 10.5 Å². The summed E-state index contributed by atoms with van der Waals surface area (Å²) < 4.78 is 4.71. The number of hydrogen-bond acceptors (Lipinski definition) is 4. The minimum absolute atomic E-state index is 0.262. The van der Waals surface area contributed by atoms with Crippen molar-refractivity contribution >= 4 is 11.9 Å². The van der Waals surface area contributed by atoms with Crippen molar-refractivity contribution in [2.24, 2.45) is 5.73 Å². The van der Waals surface area contributed by atoms with Gasteiger partial charge in [-0.05, 0) is 26.3 Å². The van der Waals surface area contributed by atoms with Crippen molar-refractivity contribution < 1.29 is 14.3 Å². The molecule has 0 heterocycles. The van der Waals surface area contributed by atoms with Crippen LogP contribution in [-0.4, -0.2) is 31.6 Å². The molecular formula is C11H20N2O3. The van der Waals surface area contributed by atoms with E-state index in [2.05, 4.69) is 5.32 Å². The van der Waals surface area contributed by atoms with E-state index in [9.17, 15) is 9.59 Å². The van der Waals surface area contributed by atoms with Gasteiger partial charge in [0.15, 0.2) is 0 Å². The Morgan fingerprint density at radius 3 is 2.75 bits per heavy atom. The number of primary amides is 1. The van der Waals surface area contributed by atoms with Gasteiger partial charge in [0.2, 0.25) is 5.91 Å². The zero-order valence-electron chi connectivity index (χ0n) is 9.70. The van der Waals surface area contributed by atoms with Crippen LogP contribution in [0.2, 0.25) is 0 Å². The molecule has 92 valence electrons. The van der Waals surface area contributed by atoms with E-state index in [1.807, 2.05) is 0 Å². The van der Waals surface area contributed by atoms with E-state index in [1.54, 1.807) is 13.0 Å². The summed E-state index contributed by atoms with van der Waals surface area (Å²) in [7, 11) is 0. The Bertz CT molecular complexity index is 239. The zero-order valence-corrected chi connectivity index (χ0v) is 9.70. The minimum atomic E-state index is -0.321. The predicted molar refractivity (Wildman–Crippen MR) is 61.7 cm³/mol. The largest absolute Gasteiger partial charge is 0.463 e. The van der Waals surface area contributed by atoms with E-state index in [-0.39, 0.29) is 11.9 Å². The standard InChI is InChI=1S/C11H20N2O3/c1-2-16-11(15)7-5-9-13-8-4-3-6-10(12)14/h5,7,13H,2-4,6,8-9H2,1H3,(H2,12,14)/b7-5+. The molecule has 0 saturated heterocycles. The molecule has 0 aliphatic heterocycles. The van der Waals surface area contributed by atoms with Crippen molar-refractivity contribution in [3.63, 3.8) is 0 Å². The zero-order chi connectivity index (χ0) is 12.2. The summed E-state index contributed by atoms with van der Waals surface area (Å²) in [6.07, 6.45) is 5.24. The number of rotatable bonds is 9. The highest BCUT2D eigenvalue weighted by atomic mass is 16.5. The Morgan fingerprint density at radius 1 is 1.38 bits per heavy atom. The average Bonchev–Trinajstić information content (AvgIpc) is 2.22. The maximum absolute atomic E-state index is 10.9. The van der Waals surface area contributed by atoms with E-state index >= 15 is 0 Å². The number of ether oxygens (including phenoxy) is 1. The molecular weight excluding hydrogens is 208 g/mol. The summed E-state index contributed by atoms with van der Waals surface area (Å²) in [5.74, 6) is -0.583. The number of carbonyl (C=O) groups excluding carboxylic acids is 2. The number of amides is 1. The van der Waals surface area contributed by atoms with Crippen molar-refractivity contribution in [2.75, 3.05) is 19.7 Å². The van der Waals surface area contributed by atoms with Crippen molar-refractivity contribution in [3.05, 3.63) is 12.2 Å². The summed E-state index contributed by atoms with van der Waals surface area (Å²) in [5.41, 5.74) is 4.99. The van der Waals surface area contributed by atoms with Crippen LogP contribution in [0.15, 0.2) is 12.2 Å². The lowest BCUT2D eigenvalue weighted by molar-refractivity contribution is -0.137. The second kappa shape index (κ2) is 10.2. The van der Waals surface area contributed by atoms with Gasteiger partial charge in [0.05, 0.1) is 6.61 Å². The van der Waals surface area contributed by atoms with Crippen LogP contribution in [-0.2, 0) is 14.3 Å². The quantitative estimate of drug-likeness (QED) is 0.339. The van der Waals surface area contributed by atoms with Gasteiger partial charge in [0.1, 0.15) is 0 Å². The smallest absolute Gasteiger partial charge is 0.330 e. The lowest BCUT2D eigenvalue weighted by atomic mass is 10.2. The second-order valence-electron chi connectivity index (χ2n) is 3.28. The first-order valence-electron chi connectivity index (χ1n) is 5.49. The topological polar surface area (TPSA) is 81.4 Å². The number of unbranched alkanes of at least 4 members (excludes halogenated alkanes) is 1. The normalized spacial score (nSPS) is 10.6. The van der Waals surface area contributed by atoms with Gasteiger partial charge < -0.3 is 15.8 Å². The van der Waals surface area contributed by atoms with E-state index in [1.165, 1.54) is 6.08 Å². The van der Waals surface area contributed by atoms with Crippen molar-refractivity contribution in [2.45, 2.75) is 26.2 Å². The third kappa shape index (κ3) is 10.7. The molecule has 0 rings (SSSR count). The van der Waals surface area contributed by atoms with Gasteiger partial charge in [-0.1, -0.05) is 6.08 Å². The molecule has 0 fully saturated rings. The van der Waals surface area contributed by atoms with Gasteiger partial charge in [0, 0.05) is 19.0 Å². The molecule has 0 aliphatic carbocycles. The van der Waals surface area contributed by atoms with Gasteiger partial charge in [0.25, 0.3) is 0 Å². The fourth-order valence-corrected chi connectivity index (χ4v) is 1.08. The first-order chi connectivity index (χ1) is 7.66. The van der Waals surface area contributed by atoms with E-state index in [0.717, 1.165) is 19.4 Å². The van der Waals surface area contributed by atoms with Crippen molar-refractivity contribution in [3.8, 4) is 0 Å². The van der Waals surface area contributed by atoms with Crippen LogP contribution < -0.4 is 11.1 Å². The summed E-state index contributed by atoms with van der Waals surface area (Å²) in [6, 6.07) is 0. The first kappa shape index (κ1) is 14.6. The van der Waals surface area contributed by atoms with Crippen molar-refractivity contribution in [1.29, 1.82) is 0 Å². The summed E-state index contributed by atoms with van der Waals surface area (Å²) in [6.45, 7) is 3.59. The molecule has 0 unspecified atom stereocenters. The Labute approximate surface area is 96.0 Å². The van der Waals surface area contributed by atoms with Crippen LogP contribution in [0.1, 0.15) is 26.2 Å². The molecule has 3 N–H and O–H groups in total. The highest BCUT2D eigenvalue weighted by Crippen LogP contribution is 1.91. The van der Waals surface area contributed by atoms with Gasteiger partial charge in [-0.3, -0.25) is 4.79 Å². The lowest BCUT2D eigenvalue weighted by Crippen LogP contribution is -2.16. The molecule has 0 spiro atoms. The Hall–Kier alpha value is -1.36. The lowest BCUT2D eigenvalue weighted by Gasteiger charge is -2.00. The van der Waals surface area contributed by atoms with Gasteiger partial charge in [-0.25, -0.2) is 4.79 Å². The third-order valence-electron chi connectivity index (χ3n) is 1.83. The second-order valence-corrected chi connectivity index (χ2v) is 3.28. The van der Waals surface area contributed by atoms with Crippen LogP contribution in [0.25, 0.3) is 0 Å². The first-order valence-corrected chi connectivity index (χ1v) is 5.49. The summed E-state index contributed by atoms with van der Waals surface area (Å²) in [4.78, 5) is 21.3. The fraction of sp³-hybridized carbons (Fsp3) is 0.636. The van der Waals surface area contributed by atoms with Crippen LogP contribution in [0.3, 0.4) is 0 Å². The molecule has 5 heteroatoms. The molecule has 0 saturated carbocycles. The Morgan fingerprint density at radius 2 is 2.12 bits per heavy atom. The molecule has 0 aliphatic rings. The van der Waals surface area contributed by atoms with Gasteiger partial charge >= 0.3 is 5.97 Å². The Kier molecular flexibility index (Phi) is 9.30. The maximum Gasteiger partial charge on any atom is 0.330 e. The maximum atomic E-state index is 10.9. The van der Waals surface area contributed by atoms with Crippen LogP contribution in [0, 0.1) is 0 Å². The van der Waals surface area contributed by atoms with E-state index in [0.29, 0.717) is 19.6 Å². The highest BCUT2D eigenvalue weighted by molar-refractivity contribution is 5.81. The number of esters is 1. The van der Waals surface area contributed by atoms with E-state index < -0.39 is 0 Å². The van der Waals surface area contributed by atoms with Gasteiger partial charge in [-0.15, -0.1) is 0 Å². The SMILES string of the molecule is CCOC(=O)/C=C/CNCCCCC(N)=O. The molecule has 1 amide bonds. The summed E-state index contributed by atoms with van der Waals surface area (Å²) in [5, 5.41) is 3.11. The number of hydrogen-bond donors (Lipinski definition) is 2. The average molecular weight is 228 g/mol. The number of nitrogens with one attached hydrogen (secondary N) is 1. The summed E-state index contributed by atoms with van der Waals surface area (Å²) >= 11 is 0. The molecule has 0 bridgehead atoms. The molecule has 16 heavy (non-hydrogen) atoms. The van der Waals surface area contributed by atoms with Crippen LogP contribution in [0.4, 0.5) is 0 Å². The number of carbonyl (C=O) groups is 2. The molecule has 0 aromatic carbocycles. The highest BCUT2D eigenvalue weighted by Gasteiger charge is 1.94. The minimum Gasteiger partial charge on any atom is -0.463 e. The third-order valence-corrected chi connectivity index (χ3v) is 1.83. The Balaban J connectivity index is 3.26. The van der Waals surface area contributed by atoms with Crippen LogP contribution >= 0.6 is 0 Å². The molecule has 0 atom stereocenters. The van der Waals surface area contributed by atoms with Gasteiger partial charge in [-0.2, -0.15) is 0 Å². The molecule has 0 aromatic heterocycles.